The summed E-state index contributed by atoms with van der Waals surface area (Å²) in [5, 5.41) is 10.3. The van der Waals surface area contributed by atoms with Gasteiger partial charge in [0.2, 0.25) is 0 Å². The summed E-state index contributed by atoms with van der Waals surface area (Å²) >= 11 is 19.0. The Hall–Kier alpha value is -0.320. The summed E-state index contributed by atoms with van der Waals surface area (Å²) in [5.74, 6) is 0. The molecule has 16 heavy (non-hydrogen) atoms. The van der Waals surface area contributed by atoms with Crippen molar-refractivity contribution in [3.8, 4) is 11.3 Å². The van der Waals surface area contributed by atoms with Gasteiger partial charge in [0, 0.05) is 10.6 Å². The van der Waals surface area contributed by atoms with E-state index < -0.39 is 0 Å². The van der Waals surface area contributed by atoms with E-state index in [9.17, 15) is 5.11 Å². The fourth-order valence-corrected chi connectivity index (χ4v) is 2.72. The Bertz CT molecular complexity index is 527. The number of aliphatic hydroxyl groups is 1. The number of nitrogens with zero attached hydrogens (tertiary/aromatic N) is 1. The molecule has 0 fully saturated rings. The maximum atomic E-state index is 9.19. The Kier molecular flexibility index (Phi) is 3.72. The van der Waals surface area contributed by atoms with Crippen molar-refractivity contribution in [1.82, 2.24) is 4.98 Å². The number of benzene rings is 1. The van der Waals surface area contributed by atoms with Crippen molar-refractivity contribution in [1.29, 1.82) is 0 Å². The smallest absolute Gasteiger partial charge is 0.184 e. The molecule has 0 aliphatic heterocycles. The minimum atomic E-state index is -0.122. The highest BCUT2D eigenvalue weighted by Gasteiger charge is 2.14. The molecular formula is C10H6Cl3NOS. The first-order valence-electron chi connectivity index (χ1n) is 4.33. The first-order valence-corrected chi connectivity index (χ1v) is 6.28. The van der Waals surface area contributed by atoms with Crippen LogP contribution >= 0.6 is 46.1 Å². The molecule has 0 bridgehead atoms. The van der Waals surface area contributed by atoms with Crippen molar-refractivity contribution in [2.75, 3.05) is 0 Å². The molecule has 2 aromatic rings. The molecule has 2 rings (SSSR count). The van der Waals surface area contributed by atoms with E-state index in [1.165, 1.54) is 11.3 Å². The Morgan fingerprint density at radius 1 is 1.25 bits per heavy atom. The van der Waals surface area contributed by atoms with Crippen LogP contribution in [0.15, 0.2) is 18.2 Å². The van der Waals surface area contributed by atoms with Gasteiger partial charge in [-0.25, -0.2) is 4.98 Å². The van der Waals surface area contributed by atoms with Gasteiger partial charge < -0.3 is 5.11 Å². The number of halogens is 3. The van der Waals surface area contributed by atoms with Crippen molar-refractivity contribution >= 4 is 46.1 Å². The van der Waals surface area contributed by atoms with Crippen LogP contribution in [0.5, 0.6) is 0 Å². The van der Waals surface area contributed by atoms with Crippen LogP contribution in [0, 0.1) is 0 Å². The zero-order valence-electron chi connectivity index (χ0n) is 7.88. The maximum Gasteiger partial charge on any atom is 0.184 e. The van der Waals surface area contributed by atoms with Gasteiger partial charge in [0.25, 0.3) is 0 Å². The number of aromatic nitrogens is 1. The average molecular weight is 295 g/mol. The quantitative estimate of drug-likeness (QED) is 0.897. The third kappa shape index (κ3) is 2.34. The molecule has 0 spiro atoms. The zero-order chi connectivity index (χ0) is 11.7. The number of hydrogen-bond acceptors (Lipinski definition) is 3. The van der Waals surface area contributed by atoms with Crippen LogP contribution < -0.4 is 0 Å². The molecule has 0 radical (unpaired) electrons. The van der Waals surface area contributed by atoms with E-state index in [0.29, 0.717) is 30.6 Å². The summed E-state index contributed by atoms with van der Waals surface area (Å²) in [6.45, 7) is -0.122. The predicted octanol–water partition coefficient (Wildman–Crippen LogP) is 4.26. The summed E-state index contributed by atoms with van der Waals surface area (Å²) in [6, 6.07) is 5.09. The van der Waals surface area contributed by atoms with E-state index in [4.69, 9.17) is 34.8 Å². The molecule has 0 saturated heterocycles. The summed E-state index contributed by atoms with van der Waals surface area (Å²) in [7, 11) is 0. The van der Waals surface area contributed by atoms with E-state index in [-0.39, 0.29) is 6.61 Å². The molecule has 0 aliphatic rings. The third-order valence-electron chi connectivity index (χ3n) is 2.00. The number of thiazole rings is 1. The van der Waals surface area contributed by atoms with E-state index in [0.717, 1.165) is 0 Å². The minimum absolute atomic E-state index is 0.122. The highest BCUT2D eigenvalue weighted by atomic mass is 35.5. The summed E-state index contributed by atoms with van der Waals surface area (Å²) in [4.78, 5) is 4.81. The molecule has 1 N–H and O–H groups in total. The molecule has 2 nitrogen and oxygen atoms in total. The van der Waals surface area contributed by atoms with E-state index in [2.05, 4.69) is 4.98 Å². The normalized spacial score (nSPS) is 10.8. The largest absolute Gasteiger partial charge is 0.391 e. The van der Waals surface area contributed by atoms with Crippen LogP contribution in [0.1, 0.15) is 4.88 Å². The lowest BCUT2D eigenvalue weighted by molar-refractivity contribution is 0.286. The monoisotopic (exact) mass is 293 g/mol. The standard InChI is InChI=1S/C10H6Cl3NOS/c11-5-1-2-7(12)6(3-5)9-8(4-15)16-10(13)14-9/h1-3,15H,4H2. The van der Waals surface area contributed by atoms with E-state index in [1.807, 2.05) is 0 Å². The van der Waals surface area contributed by atoms with Gasteiger partial charge in [-0.15, -0.1) is 11.3 Å². The van der Waals surface area contributed by atoms with Gasteiger partial charge in [0.15, 0.2) is 4.47 Å². The number of aliphatic hydroxyl groups excluding tert-OH is 1. The highest BCUT2D eigenvalue weighted by molar-refractivity contribution is 7.16. The first kappa shape index (κ1) is 12.1. The van der Waals surface area contributed by atoms with Crippen LogP contribution in [0.3, 0.4) is 0 Å². The molecular weight excluding hydrogens is 289 g/mol. The molecule has 0 aliphatic carbocycles. The molecule has 0 atom stereocenters. The van der Waals surface area contributed by atoms with Crippen molar-refractivity contribution < 1.29 is 5.11 Å². The summed E-state index contributed by atoms with van der Waals surface area (Å²) in [5.41, 5.74) is 1.27. The Balaban J connectivity index is 2.61. The van der Waals surface area contributed by atoms with Crippen LogP contribution in [-0.2, 0) is 6.61 Å². The first-order chi connectivity index (χ1) is 7.61. The molecule has 0 unspecified atom stereocenters. The second kappa shape index (κ2) is 4.90. The topological polar surface area (TPSA) is 33.1 Å². The highest BCUT2D eigenvalue weighted by Crippen LogP contribution is 2.36. The summed E-state index contributed by atoms with van der Waals surface area (Å²) < 4.78 is 0.370. The van der Waals surface area contributed by atoms with Crippen molar-refractivity contribution in [3.63, 3.8) is 0 Å². The van der Waals surface area contributed by atoms with Crippen LogP contribution in [-0.4, -0.2) is 10.1 Å². The van der Waals surface area contributed by atoms with Crippen LogP contribution in [0.25, 0.3) is 11.3 Å². The van der Waals surface area contributed by atoms with Crippen molar-refractivity contribution in [3.05, 3.63) is 37.6 Å². The van der Waals surface area contributed by atoms with Gasteiger partial charge in [-0.3, -0.25) is 0 Å². The van der Waals surface area contributed by atoms with Gasteiger partial charge in [0.05, 0.1) is 22.2 Å². The lowest BCUT2D eigenvalue weighted by Gasteiger charge is -2.03. The Morgan fingerprint density at radius 2 is 2.00 bits per heavy atom. The van der Waals surface area contributed by atoms with Crippen LogP contribution in [0.4, 0.5) is 0 Å². The van der Waals surface area contributed by atoms with Crippen LogP contribution in [0.2, 0.25) is 14.5 Å². The molecule has 0 amide bonds. The van der Waals surface area contributed by atoms with E-state index >= 15 is 0 Å². The molecule has 1 aromatic heterocycles. The lowest BCUT2D eigenvalue weighted by atomic mass is 10.1. The second-order valence-corrected chi connectivity index (χ2v) is 5.53. The van der Waals surface area contributed by atoms with E-state index in [1.54, 1.807) is 18.2 Å². The molecule has 1 heterocycles. The predicted molar refractivity (Wildman–Crippen MR) is 68.5 cm³/mol. The Labute approximate surface area is 111 Å². The molecule has 1 aromatic carbocycles. The van der Waals surface area contributed by atoms with Gasteiger partial charge in [-0.1, -0.05) is 34.8 Å². The van der Waals surface area contributed by atoms with Crippen molar-refractivity contribution in [2.24, 2.45) is 0 Å². The summed E-state index contributed by atoms with van der Waals surface area (Å²) in [6.07, 6.45) is 0. The Morgan fingerprint density at radius 3 is 2.69 bits per heavy atom. The van der Waals surface area contributed by atoms with Gasteiger partial charge in [-0.05, 0) is 18.2 Å². The molecule has 84 valence electrons. The minimum Gasteiger partial charge on any atom is -0.391 e. The number of rotatable bonds is 2. The average Bonchev–Trinajstić information content (AvgIpc) is 2.63. The fraction of sp³-hybridized carbons (Fsp3) is 0.100. The van der Waals surface area contributed by atoms with Crippen molar-refractivity contribution in [2.45, 2.75) is 6.61 Å². The lowest BCUT2D eigenvalue weighted by Crippen LogP contribution is -1.86. The fourth-order valence-electron chi connectivity index (χ4n) is 1.32. The maximum absolute atomic E-state index is 9.19. The van der Waals surface area contributed by atoms with Gasteiger partial charge >= 0.3 is 0 Å². The number of hydrogen-bond donors (Lipinski definition) is 1. The molecule has 6 heteroatoms. The van der Waals surface area contributed by atoms with Gasteiger partial charge in [0.1, 0.15) is 0 Å². The SMILES string of the molecule is OCc1sc(Cl)nc1-c1cc(Cl)ccc1Cl. The second-order valence-electron chi connectivity index (χ2n) is 3.02. The zero-order valence-corrected chi connectivity index (χ0v) is 11.0. The molecule has 0 saturated carbocycles. The van der Waals surface area contributed by atoms with Gasteiger partial charge in [-0.2, -0.15) is 0 Å². The third-order valence-corrected chi connectivity index (χ3v) is 3.71.